The number of carbonyl (C=O) groups is 1. The number of amides is 1. The molecule has 2 aliphatic heterocycles. The molecule has 18 heavy (non-hydrogen) atoms. The zero-order valence-corrected chi connectivity index (χ0v) is 11.4. The van der Waals surface area contributed by atoms with Crippen molar-refractivity contribution in [3.8, 4) is 0 Å². The second-order valence-corrected chi connectivity index (χ2v) is 5.87. The van der Waals surface area contributed by atoms with Gasteiger partial charge in [-0.25, -0.2) is 4.39 Å². The highest BCUT2D eigenvalue weighted by molar-refractivity contribution is 9.10. The zero-order chi connectivity index (χ0) is 12.7. The van der Waals surface area contributed by atoms with Gasteiger partial charge in [0.1, 0.15) is 5.82 Å². The van der Waals surface area contributed by atoms with Crippen molar-refractivity contribution in [1.29, 1.82) is 0 Å². The number of nitrogens with one attached hydrogen (secondary N) is 1. The molecule has 2 atom stereocenters. The molecule has 1 N–H and O–H groups in total. The monoisotopic (exact) mass is 312 g/mol. The third-order valence-electron chi connectivity index (χ3n) is 3.84. The number of carbonyl (C=O) groups excluding carboxylic acids is 1. The summed E-state index contributed by atoms with van der Waals surface area (Å²) in [4.78, 5) is 14.2. The largest absolute Gasteiger partial charge is 0.338 e. The van der Waals surface area contributed by atoms with Crippen LogP contribution >= 0.6 is 15.9 Å². The van der Waals surface area contributed by atoms with E-state index >= 15 is 0 Å². The maximum atomic E-state index is 13.0. The molecule has 2 heterocycles. The highest BCUT2D eigenvalue weighted by Crippen LogP contribution is 2.29. The van der Waals surface area contributed by atoms with Crippen molar-refractivity contribution in [2.75, 3.05) is 26.2 Å². The van der Waals surface area contributed by atoms with Crippen LogP contribution in [0, 0.1) is 17.7 Å². The van der Waals surface area contributed by atoms with Gasteiger partial charge >= 0.3 is 0 Å². The van der Waals surface area contributed by atoms with Crippen molar-refractivity contribution in [2.45, 2.75) is 0 Å². The summed E-state index contributed by atoms with van der Waals surface area (Å²) in [5.74, 6) is 0.818. The molecule has 0 aliphatic carbocycles. The summed E-state index contributed by atoms with van der Waals surface area (Å²) in [5, 5.41) is 3.35. The Hall–Kier alpha value is -0.940. The Morgan fingerprint density at radius 2 is 2.00 bits per heavy atom. The van der Waals surface area contributed by atoms with Gasteiger partial charge in [-0.15, -0.1) is 0 Å². The van der Waals surface area contributed by atoms with E-state index in [4.69, 9.17) is 0 Å². The first kappa shape index (κ1) is 12.1. The number of halogens is 2. The van der Waals surface area contributed by atoms with Crippen molar-refractivity contribution in [3.05, 3.63) is 34.1 Å². The van der Waals surface area contributed by atoms with Crippen LogP contribution in [0.15, 0.2) is 22.7 Å². The molecule has 1 aromatic carbocycles. The molecule has 1 aromatic rings. The molecule has 3 rings (SSSR count). The van der Waals surface area contributed by atoms with Gasteiger partial charge in [0.15, 0.2) is 0 Å². The lowest BCUT2D eigenvalue weighted by atomic mass is 10.0. The highest BCUT2D eigenvalue weighted by Gasteiger charge is 2.38. The van der Waals surface area contributed by atoms with E-state index in [2.05, 4.69) is 21.2 Å². The molecule has 0 unspecified atom stereocenters. The van der Waals surface area contributed by atoms with E-state index in [1.165, 1.54) is 12.1 Å². The van der Waals surface area contributed by atoms with Crippen LogP contribution in [-0.2, 0) is 0 Å². The normalized spacial score (nSPS) is 26.4. The van der Waals surface area contributed by atoms with Crippen molar-refractivity contribution >= 4 is 21.8 Å². The molecule has 2 fully saturated rings. The molecule has 0 saturated carbocycles. The molecule has 2 saturated heterocycles. The molecule has 0 radical (unpaired) electrons. The van der Waals surface area contributed by atoms with Gasteiger partial charge in [0.05, 0.1) is 5.56 Å². The van der Waals surface area contributed by atoms with Crippen LogP contribution < -0.4 is 5.32 Å². The SMILES string of the molecule is O=C(c1ccc(F)cc1Br)N1C[C@H]2CNC[C@H]2C1. The van der Waals surface area contributed by atoms with Gasteiger partial charge < -0.3 is 10.2 Å². The number of rotatable bonds is 1. The van der Waals surface area contributed by atoms with E-state index in [1.807, 2.05) is 4.90 Å². The number of hydrogen-bond donors (Lipinski definition) is 1. The van der Waals surface area contributed by atoms with Crippen molar-refractivity contribution in [3.63, 3.8) is 0 Å². The summed E-state index contributed by atoms with van der Waals surface area (Å²) in [6, 6.07) is 4.22. The Bertz CT molecular complexity index is 482. The maximum absolute atomic E-state index is 13.0. The fraction of sp³-hybridized carbons (Fsp3) is 0.462. The molecule has 1 amide bonds. The maximum Gasteiger partial charge on any atom is 0.255 e. The Balaban J connectivity index is 1.79. The zero-order valence-electron chi connectivity index (χ0n) is 9.83. The fourth-order valence-electron chi connectivity index (χ4n) is 2.85. The topological polar surface area (TPSA) is 32.3 Å². The molecule has 0 bridgehead atoms. The first-order chi connectivity index (χ1) is 8.65. The predicted octanol–water partition coefficient (Wildman–Crippen LogP) is 1.88. The number of likely N-dealkylation sites (tertiary alicyclic amines) is 1. The third kappa shape index (κ3) is 2.06. The summed E-state index contributed by atoms with van der Waals surface area (Å²) in [5.41, 5.74) is 0.546. The summed E-state index contributed by atoms with van der Waals surface area (Å²) >= 11 is 3.26. The van der Waals surface area contributed by atoms with E-state index in [0.717, 1.165) is 26.2 Å². The lowest BCUT2D eigenvalue weighted by Gasteiger charge is -2.18. The van der Waals surface area contributed by atoms with E-state index < -0.39 is 0 Å². The lowest BCUT2D eigenvalue weighted by Crippen LogP contribution is -2.32. The summed E-state index contributed by atoms with van der Waals surface area (Å²) in [6.07, 6.45) is 0. The number of nitrogens with zero attached hydrogens (tertiary/aromatic N) is 1. The molecular weight excluding hydrogens is 299 g/mol. The van der Waals surface area contributed by atoms with Gasteiger partial charge in [0.2, 0.25) is 0 Å². The first-order valence-electron chi connectivity index (χ1n) is 6.10. The minimum Gasteiger partial charge on any atom is -0.338 e. The minimum absolute atomic E-state index is 0.00345. The average molecular weight is 313 g/mol. The second kappa shape index (κ2) is 4.63. The van der Waals surface area contributed by atoms with Crippen molar-refractivity contribution < 1.29 is 9.18 Å². The Labute approximate surface area is 113 Å². The van der Waals surface area contributed by atoms with Crippen LogP contribution in [0.25, 0.3) is 0 Å². The van der Waals surface area contributed by atoms with Gasteiger partial charge in [-0.05, 0) is 46.0 Å². The predicted molar refractivity (Wildman–Crippen MR) is 69.9 cm³/mol. The summed E-state index contributed by atoms with van der Waals surface area (Å²) < 4.78 is 13.5. The molecule has 2 aliphatic rings. The van der Waals surface area contributed by atoms with E-state index in [0.29, 0.717) is 21.9 Å². The quantitative estimate of drug-likeness (QED) is 0.859. The Morgan fingerprint density at radius 3 is 2.61 bits per heavy atom. The summed E-state index contributed by atoms with van der Waals surface area (Å²) in [6.45, 7) is 3.61. The molecular formula is C13H14BrFN2O. The fourth-order valence-corrected chi connectivity index (χ4v) is 3.37. The van der Waals surface area contributed by atoms with Crippen LogP contribution in [0.1, 0.15) is 10.4 Å². The molecule has 0 aromatic heterocycles. The van der Waals surface area contributed by atoms with Crippen LogP contribution in [0.2, 0.25) is 0 Å². The number of hydrogen-bond acceptors (Lipinski definition) is 2. The van der Waals surface area contributed by atoms with Crippen molar-refractivity contribution in [2.24, 2.45) is 11.8 Å². The minimum atomic E-state index is -0.332. The van der Waals surface area contributed by atoms with Gasteiger partial charge in [0, 0.05) is 30.7 Å². The van der Waals surface area contributed by atoms with Gasteiger partial charge in [0.25, 0.3) is 5.91 Å². The second-order valence-electron chi connectivity index (χ2n) is 5.01. The average Bonchev–Trinajstić information content (AvgIpc) is 2.87. The standard InChI is InChI=1S/C13H14BrFN2O/c14-12-3-10(15)1-2-11(12)13(18)17-6-8-4-16-5-9(8)7-17/h1-3,8-9,16H,4-7H2/t8-,9+. The van der Waals surface area contributed by atoms with Gasteiger partial charge in [-0.2, -0.15) is 0 Å². The number of benzene rings is 1. The molecule has 3 nitrogen and oxygen atoms in total. The van der Waals surface area contributed by atoms with Crippen LogP contribution in [0.5, 0.6) is 0 Å². The van der Waals surface area contributed by atoms with E-state index in [1.54, 1.807) is 6.07 Å². The smallest absolute Gasteiger partial charge is 0.255 e. The third-order valence-corrected chi connectivity index (χ3v) is 4.49. The van der Waals surface area contributed by atoms with Crippen LogP contribution in [-0.4, -0.2) is 37.0 Å². The van der Waals surface area contributed by atoms with E-state index in [9.17, 15) is 9.18 Å². The van der Waals surface area contributed by atoms with Gasteiger partial charge in [-0.1, -0.05) is 0 Å². The molecule has 96 valence electrons. The van der Waals surface area contributed by atoms with E-state index in [-0.39, 0.29) is 11.7 Å². The Kier molecular flexibility index (Phi) is 3.11. The summed E-state index contributed by atoms with van der Waals surface area (Å²) in [7, 11) is 0. The van der Waals surface area contributed by atoms with Crippen molar-refractivity contribution in [1.82, 2.24) is 10.2 Å². The Morgan fingerprint density at radius 1 is 1.33 bits per heavy atom. The lowest BCUT2D eigenvalue weighted by molar-refractivity contribution is 0.0781. The number of fused-ring (bicyclic) bond motifs is 1. The molecule has 0 spiro atoms. The van der Waals surface area contributed by atoms with Crippen LogP contribution in [0.4, 0.5) is 4.39 Å². The molecule has 5 heteroatoms. The highest BCUT2D eigenvalue weighted by atomic mass is 79.9. The first-order valence-corrected chi connectivity index (χ1v) is 6.89. The van der Waals surface area contributed by atoms with Gasteiger partial charge in [-0.3, -0.25) is 4.79 Å². The van der Waals surface area contributed by atoms with Crippen LogP contribution in [0.3, 0.4) is 0 Å².